The van der Waals surface area contributed by atoms with E-state index < -0.39 is 0 Å². The van der Waals surface area contributed by atoms with Gasteiger partial charge in [-0.1, -0.05) is 22.9 Å². The van der Waals surface area contributed by atoms with Crippen LogP contribution in [0.25, 0.3) is 0 Å². The molecule has 2 N–H and O–H groups in total. The molecule has 2 atom stereocenters. The van der Waals surface area contributed by atoms with Crippen LogP contribution in [0.4, 0.5) is 0 Å². The minimum Gasteiger partial charge on any atom is -0.493 e. The highest BCUT2D eigenvalue weighted by Gasteiger charge is 2.30. The summed E-state index contributed by atoms with van der Waals surface area (Å²) in [6.45, 7) is 2.22. The molecule has 0 radical (unpaired) electrons. The van der Waals surface area contributed by atoms with Crippen molar-refractivity contribution in [3.05, 3.63) is 21.7 Å². The Morgan fingerprint density at radius 2 is 1.94 bits per heavy atom. The fourth-order valence-corrected chi connectivity index (χ4v) is 3.40. The van der Waals surface area contributed by atoms with Crippen LogP contribution in [0.2, 0.25) is 0 Å². The van der Waals surface area contributed by atoms with Crippen molar-refractivity contribution in [3.8, 4) is 11.5 Å². The molecule has 2 rings (SSSR count). The zero-order chi connectivity index (χ0) is 12.6. The molecule has 0 bridgehead atoms. The van der Waals surface area contributed by atoms with Crippen LogP contribution in [0.3, 0.4) is 0 Å². The maximum atomic E-state index is 6.22. The first-order valence-corrected chi connectivity index (χ1v) is 6.59. The Bertz CT molecular complexity index is 434. The molecule has 0 spiro atoms. The second kappa shape index (κ2) is 4.86. The molecule has 0 amide bonds. The fourth-order valence-electron chi connectivity index (χ4n) is 2.59. The molecule has 1 aliphatic carbocycles. The summed E-state index contributed by atoms with van der Waals surface area (Å²) in [6.07, 6.45) is 2.10. The lowest BCUT2D eigenvalue weighted by Crippen LogP contribution is -2.21. The van der Waals surface area contributed by atoms with Crippen molar-refractivity contribution in [2.45, 2.75) is 31.7 Å². The van der Waals surface area contributed by atoms with Crippen molar-refractivity contribution in [1.82, 2.24) is 0 Å². The number of halogens is 1. The minimum absolute atomic E-state index is 0.0301. The largest absolute Gasteiger partial charge is 0.493 e. The molecule has 1 unspecified atom stereocenters. The fraction of sp³-hybridized carbons (Fsp3) is 0.538. The molecule has 17 heavy (non-hydrogen) atoms. The van der Waals surface area contributed by atoms with E-state index in [1.165, 1.54) is 5.56 Å². The van der Waals surface area contributed by atoms with Gasteiger partial charge in [-0.15, -0.1) is 0 Å². The summed E-state index contributed by atoms with van der Waals surface area (Å²) < 4.78 is 11.9. The first kappa shape index (κ1) is 12.7. The molecule has 0 saturated heterocycles. The van der Waals surface area contributed by atoms with Gasteiger partial charge in [-0.3, -0.25) is 0 Å². The number of hydrogen-bond donors (Lipinski definition) is 1. The van der Waals surface area contributed by atoms with E-state index in [1.54, 1.807) is 14.2 Å². The van der Waals surface area contributed by atoms with Crippen LogP contribution in [0, 0.1) is 0 Å². The molecule has 1 aliphatic rings. The van der Waals surface area contributed by atoms with Gasteiger partial charge < -0.3 is 15.2 Å². The van der Waals surface area contributed by atoms with Gasteiger partial charge in [0.15, 0.2) is 11.5 Å². The third-order valence-corrected chi connectivity index (χ3v) is 4.13. The number of methoxy groups -OCH3 is 2. The van der Waals surface area contributed by atoms with Gasteiger partial charge in [0.05, 0.1) is 14.2 Å². The monoisotopic (exact) mass is 299 g/mol. The molecular weight excluding hydrogens is 282 g/mol. The first-order chi connectivity index (χ1) is 8.10. The highest BCUT2D eigenvalue weighted by molar-refractivity contribution is 9.10. The molecule has 0 aliphatic heterocycles. The van der Waals surface area contributed by atoms with Gasteiger partial charge >= 0.3 is 0 Å². The van der Waals surface area contributed by atoms with Crippen LogP contribution in [0.5, 0.6) is 11.5 Å². The smallest absolute Gasteiger partial charge is 0.165 e. The number of hydrogen-bond acceptors (Lipinski definition) is 3. The van der Waals surface area contributed by atoms with E-state index in [0.29, 0.717) is 5.92 Å². The molecule has 0 fully saturated rings. The second-order valence-corrected chi connectivity index (χ2v) is 5.36. The highest BCUT2D eigenvalue weighted by Crippen LogP contribution is 2.48. The molecule has 3 nitrogen and oxygen atoms in total. The van der Waals surface area contributed by atoms with E-state index in [2.05, 4.69) is 22.9 Å². The third-order valence-electron chi connectivity index (χ3n) is 3.47. The van der Waals surface area contributed by atoms with Gasteiger partial charge in [-0.2, -0.15) is 0 Å². The molecule has 94 valence electrons. The van der Waals surface area contributed by atoms with E-state index in [1.807, 2.05) is 6.07 Å². The first-order valence-electron chi connectivity index (χ1n) is 5.80. The summed E-state index contributed by atoms with van der Waals surface area (Å²) in [5.41, 5.74) is 8.58. The Labute approximate surface area is 110 Å². The van der Waals surface area contributed by atoms with Crippen molar-refractivity contribution in [1.29, 1.82) is 0 Å². The SMILES string of the molecule is COc1cc(Br)c2c(c1OC)[C@@H](N)CCC2C. The Morgan fingerprint density at radius 3 is 2.53 bits per heavy atom. The number of fused-ring (bicyclic) bond motifs is 1. The number of benzene rings is 1. The molecule has 0 saturated carbocycles. The molecule has 1 aromatic rings. The van der Waals surface area contributed by atoms with Crippen LogP contribution >= 0.6 is 15.9 Å². The van der Waals surface area contributed by atoms with Gasteiger partial charge in [0.2, 0.25) is 0 Å². The van der Waals surface area contributed by atoms with Crippen molar-refractivity contribution < 1.29 is 9.47 Å². The quantitative estimate of drug-likeness (QED) is 0.911. The van der Waals surface area contributed by atoms with Crippen molar-refractivity contribution in [2.24, 2.45) is 5.73 Å². The van der Waals surface area contributed by atoms with E-state index in [4.69, 9.17) is 15.2 Å². The Hall–Kier alpha value is -0.740. The van der Waals surface area contributed by atoms with Crippen LogP contribution in [-0.2, 0) is 0 Å². The van der Waals surface area contributed by atoms with Gasteiger partial charge in [-0.25, -0.2) is 0 Å². The van der Waals surface area contributed by atoms with Crippen LogP contribution in [-0.4, -0.2) is 14.2 Å². The lowest BCUT2D eigenvalue weighted by Gasteiger charge is -2.30. The van der Waals surface area contributed by atoms with Gasteiger partial charge in [0.1, 0.15) is 0 Å². The predicted molar refractivity (Wildman–Crippen MR) is 71.8 cm³/mol. The molecule has 0 aromatic heterocycles. The van der Waals surface area contributed by atoms with E-state index >= 15 is 0 Å². The van der Waals surface area contributed by atoms with Crippen LogP contribution in [0.1, 0.15) is 42.9 Å². The number of nitrogens with two attached hydrogens (primary N) is 1. The minimum atomic E-state index is 0.0301. The summed E-state index contributed by atoms with van der Waals surface area (Å²) in [7, 11) is 3.31. The van der Waals surface area contributed by atoms with Crippen LogP contribution < -0.4 is 15.2 Å². The Balaban J connectivity index is 2.70. The van der Waals surface area contributed by atoms with Gasteiger partial charge in [0.25, 0.3) is 0 Å². The van der Waals surface area contributed by atoms with Crippen molar-refractivity contribution in [3.63, 3.8) is 0 Å². The van der Waals surface area contributed by atoms with Crippen molar-refractivity contribution >= 4 is 15.9 Å². The predicted octanol–water partition coefficient (Wildman–Crippen LogP) is 3.36. The van der Waals surface area contributed by atoms with E-state index in [0.717, 1.165) is 34.4 Å². The standard InChI is InChI=1S/C13H18BrNO2/c1-7-4-5-9(15)12-11(7)8(14)6-10(16-2)13(12)17-3/h6-7,9H,4-5,15H2,1-3H3/t7?,9-/m0/s1. The molecule has 4 heteroatoms. The second-order valence-electron chi connectivity index (χ2n) is 4.51. The zero-order valence-corrected chi connectivity index (χ0v) is 12.0. The topological polar surface area (TPSA) is 44.5 Å². The zero-order valence-electron chi connectivity index (χ0n) is 10.4. The van der Waals surface area contributed by atoms with Crippen LogP contribution in [0.15, 0.2) is 10.5 Å². The third kappa shape index (κ3) is 2.04. The van der Waals surface area contributed by atoms with E-state index in [9.17, 15) is 0 Å². The van der Waals surface area contributed by atoms with E-state index in [-0.39, 0.29) is 6.04 Å². The average Bonchev–Trinajstić information content (AvgIpc) is 2.32. The Morgan fingerprint density at radius 1 is 1.24 bits per heavy atom. The normalized spacial score (nSPS) is 23.1. The lowest BCUT2D eigenvalue weighted by atomic mass is 9.80. The van der Waals surface area contributed by atoms with Gasteiger partial charge in [0, 0.05) is 16.1 Å². The maximum absolute atomic E-state index is 6.22. The summed E-state index contributed by atoms with van der Waals surface area (Å²) in [5, 5.41) is 0. The summed E-state index contributed by atoms with van der Waals surface area (Å²) in [5.74, 6) is 2.02. The number of rotatable bonds is 2. The number of ether oxygens (including phenoxy) is 2. The average molecular weight is 300 g/mol. The molecule has 0 heterocycles. The maximum Gasteiger partial charge on any atom is 0.165 e. The molecule has 1 aromatic carbocycles. The molecular formula is C13H18BrNO2. The lowest BCUT2D eigenvalue weighted by molar-refractivity contribution is 0.343. The summed E-state index contributed by atoms with van der Waals surface area (Å²) in [4.78, 5) is 0. The highest BCUT2D eigenvalue weighted by atomic mass is 79.9. The summed E-state index contributed by atoms with van der Waals surface area (Å²) in [6, 6.07) is 1.99. The van der Waals surface area contributed by atoms with Gasteiger partial charge in [-0.05, 0) is 30.4 Å². The summed E-state index contributed by atoms with van der Waals surface area (Å²) >= 11 is 3.61. The Kier molecular flexibility index (Phi) is 3.64. The van der Waals surface area contributed by atoms with Crippen molar-refractivity contribution in [2.75, 3.05) is 14.2 Å².